The number of hydrogen-bond acceptors (Lipinski definition) is 4. The first-order chi connectivity index (χ1) is 15.8. The van der Waals surface area contributed by atoms with Gasteiger partial charge in [-0.25, -0.2) is 9.37 Å². The molecule has 3 aromatic rings. The minimum absolute atomic E-state index is 0.00884. The topological polar surface area (TPSA) is 66.7 Å². The second-order valence-electron chi connectivity index (χ2n) is 8.96. The van der Waals surface area contributed by atoms with E-state index in [9.17, 15) is 14.0 Å². The fraction of sp³-hybridized carbons (Fsp3) is 0.346. The lowest BCUT2D eigenvalue weighted by Gasteiger charge is -2.43. The van der Waals surface area contributed by atoms with Crippen LogP contribution >= 0.6 is 0 Å². The Balaban J connectivity index is 1.65. The van der Waals surface area contributed by atoms with E-state index in [0.717, 1.165) is 16.7 Å². The molecule has 7 heteroatoms. The van der Waals surface area contributed by atoms with E-state index in [-0.39, 0.29) is 23.4 Å². The molecule has 4 rings (SSSR count). The van der Waals surface area contributed by atoms with E-state index in [2.05, 4.69) is 4.98 Å². The van der Waals surface area contributed by atoms with Gasteiger partial charge in [0.05, 0.1) is 11.1 Å². The zero-order valence-corrected chi connectivity index (χ0v) is 19.2. The van der Waals surface area contributed by atoms with Crippen molar-refractivity contribution < 1.29 is 18.4 Å². The van der Waals surface area contributed by atoms with Gasteiger partial charge in [0.25, 0.3) is 5.91 Å². The second kappa shape index (κ2) is 9.17. The molecule has 2 aromatic carbocycles. The van der Waals surface area contributed by atoms with E-state index in [1.165, 1.54) is 18.5 Å². The molecule has 2 amide bonds. The maximum atomic E-state index is 13.7. The average Bonchev–Trinajstić information content (AvgIpc) is 3.24. The van der Waals surface area contributed by atoms with Crippen LogP contribution in [0.1, 0.15) is 34.7 Å². The minimum Gasteiger partial charge on any atom is -0.438 e. The lowest BCUT2D eigenvalue weighted by Crippen LogP contribution is -2.54. The molecular weight excluding hydrogens is 421 g/mol. The van der Waals surface area contributed by atoms with Gasteiger partial charge in [-0.05, 0) is 55.0 Å². The summed E-state index contributed by atoms with van der Waals surface area (Å²) >= 11 is 0. The monoisotopic (exact) mass is 449 g/mol. The fourth-order valence-electron chi connectivity index (χ4n) is 4.74. The average molecular weight is 450 g/mol. The molecule has 1 aliphatic heterocycles. The number of rotatable bonds is 5. The van der Waals surface area contributed by atoms with Crippen molar-refractivity contribution in [1.29, 1.82) is 0 Å². The predicted octanol–water partition coefficient (Wildman–Crippen LogP) is 4.34. The van der Waals surface area contributed by atoms with Crippen LogP contribution in [0.3, 0.4) is 0 Å². The predicted molar refractivity (Wildman–Crippen MR) is 123 cm³/mol. The number of piperidine rings is 1. The molecule has 0 unspecified atom stereocenters. The van der Waals surface area contributed by atoms with Crippen molar-refractivity contribution in [3.8, 4) is 11.1 Å². The summed E-state index contributed by atoms with van der Waals surface area (Å²) in [5.41, 5.74) is 2.42. The maximum absolute atomic E-state index is 13.7. The number of hydrogen-bond donors (Lipinski definition) is 0. The standard InChI is InChI=1S/C26H28FN3O3/c1-18-23(33-17-28-18)24(31)30-12-6-11-26(16-30,25(32)29(2)3)15-19-7-4-8-20(13-19)21-9-5-10-22(27)14-21/h4-5,7-10,13-14,17H,6,11-12,15-16H2,1-3H3/t26-/m1/s1. The summed E-state index contributed by atoms with van der Waals surface area (Å²) in [5, 5.41) is 0. The Morgan fingerprint density at radius 1 is 1.15 bits per heavy atom. The van der Waals surface area contributed by atoms with Crippen LogP contribution in [0.4, 0.5) is 4.39 Å². The van der Waals surface area contributed by atoms with Crippen LogP contribution in [-0.2, 0) is 11.2 Å². The number of nitrogens with zero attached hydrogens (tertiary/aromatic N) is 3. The molecule has 0 aliphatic carbocycles. The van der Waals surface area contributed by atoms with Gasteiger partial charge >= 0.3 is 0 Å². The highest BCUT2D eigenvalue weighted by atomic mass is 19.1. The second-order valence-corrected chi connectivity index (χ2v) is 8.96. The summed E-state index contributed by atoms with van der Waals surface area (Å²) < 4.78 is 19.1. The minimum atomic E-state index is -0.758. The summed E-state index contributed by atoms with van der Waals surface area (Å²) in [7, 11) is 3.49. The van der Waals surface area contributed by atoms with Crippen LogP contribution in [0.25, 0.3) is 11.1 Å². The molecule has 0 bridgehead atoms. The zero-order valence-electron chi connectivity index (χ0n) is 19.2. The highest BCUT2D eigenvalue weighted by Crippen LogP contribution is 2.37. The largest absolute Gasteiger partial charge is 0.438 e. The molecule has 1 fully saturated rings. The molecule has 2 heterocycles. The van der Waals surface area contributed by atoms with Crippen molar-refractivity contribution >= 4 is 11.8 Å². The molecule has 1 atom stereocenters. The van der Waals surface area contributed by atoms with Crippen molar-refractivity contribution in [2.24, 2.45) is 5.41 Å². The Morgan fingerprint density at radius 2 is 1.88 bits per heavy atom. The molecule has 0 saturated carbocycles. The summed E-state index contributed by atoms with van der Waals surface area (Å²) in [4.78, 5) is 33.9. The highest BCUT2D eigenvalue weighted by Gasteiger charge is 2.45. The van der Waals surface area contributed by atoms with Crippen molar-refractivity contribution in [3.63, 3.8) is 0 Å². The van der Waals surface area contributed by atoms with Gasteiger partial charge in [-0.3, -0.25) is 9.59 Å². The van der Waals surface area contributed by atoms with Gasteiger partial charge in [0, 0.05) is 27.2 Å². The van der Waals surface area contributed by atoms with E-state index in [4.69, 9.17) is 4.42 Å². The number of aryl methyl sites for hydroxylation is 1. The quantitative estimate of drug-likeness (QED) is 0.581. The molecule has 1 aromatic heterocycles. The third-order valence-corrected chi connectivity index (χ3v) is 6.29. The first kappa shape index (κ1) is 22.7. The molecule has 1 saturated heterocycles. The smallest absolute Gasteiger partial charge is 0.291 e. The molecule has 0 spiro atoms. The number of aromatic nitrogens is 1. The third-order valence-electron chi connectivity index (χ3n) is 6.29. The Labute approximate surface area is 193 Å². The third kappa shape index (κ3) is 4.67. The number of carbonyl (C=O) groups excluding carboxylic acids is 2. The van der Waals surface area contributed by atoms with Gasteiger partial charge in [-0.1, -0.05) is 36.4 Å². The first-order valence-corrected chi connectivity index (χ1v) is 11.0. The first-order valence-electron chi connectivity index (χ1n) is 11.0. The van der Waals surface area contributed by atoms with Crippen LogP contribution in [-0.4, -0.2) is 53.8 Å². The van der Waals surface area contributed by atoms with Crippen LogP contribution in [0.15, 0.2) is 59.3 Å². The Morgan fingerprint density at radius 3 is 2.55 bits per heavy atom. The normalized spacial score (nSPS) is 18.2. The summed E-state index contributed by atoms with van der Waals surface area (Å²) in [5.74, 6) is -0.322. The number of benzene rings is 2. The summed E-state index contributed by atoms with van der Waals surface area (Å²) in [6.07, 6.45) is 3.13. The molecule has 0 radical (unpaired) electrons. The molecule has 172 valence electrons. The Bertz CT molecular complexity index is 1170. The SMILES string of the molecule is Cc1ncoc1C(=O)N1CCC[C@](Cc2cccc(-c3cccc(F)c3)c2)(C(=O)N(C)C)C1. The van der Waals surface area contributed by atoms with Gasteiger partial charge in [0.1, 0.15) is 5.82 Å². The summed E-state index contributed by atoms with van der Waals surface area (Å²) in [6.45, 7) is 2.59. The van der Waals surface area contributed by atoms with Crippen LogP contribution in [0, 0.1) is 18.2 Å². The Kier molecular flexibility index (Phi) is 6.31. The van der Waals surface area contributed by atoms with E-state index in [1.54, 1.807) is 36.9 Å². The molecule has 1 aliphatic rings. The van der Waals surface area contributed by atoms with Gasteiger partial charge in [0.2, 0.25) is 11.7 Å². The van der Waals surface area contributed by atoms with Crippen molar-refractivity contribution in [3.05, 3.63) is 77.8 Å². The maximum Gasteiger partial charge on any atom is 0.291 e. The number of carbonyl (C=O) groups is 2. The lowest BCUT2D eigenvalue weighted by molar-refractivity contribution is -0.142. The van der Waals surface area contributed by atoms with E-state index in [1.807, 2.05) is 30.3 Å². The van der Waals surface area contributed by atoms with Crippen molar-refractivity contribution in [2.75, 3.05) is 27.2 Å². The van der Waals surface area contributed by atoms with E-state index >= 15 is 0 Å². The summed E-state index contributed by atoms with van der Waals surface area (Å²) in [6, 6.07) is 14.3. The van der Waals surface area contributed by atoms with Gasteiger partial charge in [-0.2, -0.15) is 0 Å². The lowest BCUT2D eigenvalue weighted by atomic mass is 9.73. The Hall–Kier alpha value is -3.48. The molecular formula is C26H28FN3O3. The van der Waals surface area contributed by atoms with Crippen molar-refractivity contribution in [2.45, 2.75) is 26.2 Å². The molecule has 0 N–H and O–H groups in total. The van der Waals surface area contributed by atoms with Gasteiger partial charge in [0.15, 0.2) is 6.39 Å². The number of oxazole rings is 1. The zero-order chi connectivity index (χ0) is 23.6. The van der Waals surface area contributed by atoms with Crippen LogP contribution in [0.5, 0.6) is 0 Å². The van der Waals surface area contributed by atoms with Gasteiger partial charge in [-0.15, -0.1) is 0 Å². The fourth-order valence-corrected chi connectivity index (χ4v) is 4.74. The number of halogens is 1. The van der Waals surface area contributed by atoms with Crippen LogP contribution < -0.4 is 0 Å². The molecule has 33 heavy (non-hydrogen) atoms. The van der Waals surface area contributed by atoms with E-state index in [0.29, 0.717) is 38.0 Å². The van der Waals surface area contributed by atoms with Crippen molar-refractivity contribution in [1.82, 2.24) is 14.8 Å². The highest BCUT2D eigenvalue weighted by molar-refractivity contribution is 5.93. The number of amides is 2. The van der Waals surface area contributed by atoms with Crippen LogP contribution in [0.2, 0.25) is 0 Å². The number of likely N-dealkylation sites (tertiary alicyclic amines) is 1. The van der Waals surface area contributed by atoms with E-state index < -0.39 is 5.41 Å². The van der Waals surface area contributed by atoms with Gasteiger partial charge < -0.3 is 14.2 Å². The molecule has 6 nitrogen and oxygen atoms in total.